The molecule has 2 saturated heterocycles. The van der Waals surface area contributed by atoms with Gasteiger partial charge >= 0.3 is 18.2 Å². The predicted molar refractivity (Wildman–Crippen MR) is 255 cm³/mol. The SMILES string of the molecule is [N-]=[N+]=Nc1ccc(C(=O)N[C@@H](CCCCNC(=O)CCCCCCC(=O)CCCC[C@@H]2SC[C@@H]3NC(=O)N[C@@H]32)C(=O)OCc2ccc(-c3cc(C(F)(F)F)nn3-c3ccc(S(N)(=O)=O)cc3)cc2)cc1. The molecule has 2 aliphatic rings. The highest BCUT2D eigenvalue weighted by Gasteiger charge is 2.42. The van der Waals surface area contributed by atoms with Crippen LogP contribution in [0.4, 0.5) is 23.7 Å². The van der Waals surface area contributed by atoms with E-state index in [-0.39, 0.29) is 70.4 Å². The number of hydrogen-bond acceptors (Lipinski definition) is 11. The van der Waals surface area contributed by atoms with E-state index in [0.29, 0.717) is 61.4 Å². The van der Waals surface area contributed by atoms with E-state index in [4.69, 9.17) is 15.4 Å². The zero-order valence-electron chi connectivity index (χ0n) is 38.2. The molecular formula is C47H55F3N10O8S2. The molecule has 6 rings (SSSR count). The first kappa shape index (κ1) is 52.9. The van der Waals surface area contributed by atoms with Crippen molar-refractivity contribution in [3.8, 4) is 16.9 Å². The van der Waals surface area contributed by atoms with Crippen LogP contribution in [0.1, 0.15) is 105 Å². The molecule has 4 aromatic rings. The third-order valence-corrected chi connectivity index (χ3v) is 14.3. The Balaban J connectivity index is 0.934. The van der Waals surface area contributed by atoms with Gasteiger partial charge in [-0.25, -0.2) is 27.8 Å². The number of amides is 4. The summed E-state index contributed by atoms with van der Waals surface area (Å²) in [5.74, 6) is -0.275. The summed E-state index contributed by atoms with van der Waals surface area (Å²) < 4.78 is 71.4. The number of carbonyl (C=O) groups excluding carboxylic acids is 5. The number of aromatic nitrogens is 2. The second kappa shape index (κ2) is 24.9. The van der Waals surface area contributed by atoms with Crippen molar-refractivity contribution in [3.63, 3.8) is 0 Å². The van der Waals surface area contributed by atoms with E-state index in [1.807, 2.05) is 11.8 Å². The van der Waals surface area contributed by atoms with Gasteiger partial charge in [0.05, 0.1) is 28.4 Å². The summed E-state index contributed by atoms with van der Waals surface area (Å²) in [5, 5.41) is 24.3. The first-order chi connectivity index (χ1) is 33.5. The van der Waals surface area contributed by atoms with Crippen molar-refractivity contribution in [2.24, 2.45) is 10.3 Å². The van der Waals surface area contributed by atoms with Crippen LogP contribution >= 0.6 is 11.8 Å². The lowest BCUT2D eigenvalue weighted by atomic mass is 10.0. The van der Waals surface area contributed by atoms with Crippen molar-refractivity contribution in [3.05, 3.63) is 106 Å². The number of ketones is 1. The minimum Gasteiger partial charge on any atom is -0.459 e. The molecule has 0 unspecified atom stereocenters. The number of ether oxygens (including phenoxy) is 1. The first-order valence-electron chi connectivity index (χ1n) is 23.0. The van der Waals surface area contributed by atoms with Crippen LogP contribution in [0.3, 0.4) is 0 Å². The Kier molecular flexibility index (Phi) is 18.8. The molecule has 4 atom stereocenters. The lowest BCUT2D eigenvalue weighted by molar-refractivity contribution is -0.147. The van der Waals surface area contributed by atoms with Gasteiger partial charge in [0.25, 0.3) is 5.91 Å². The maximum absolute atomic E-state index is 13.8. The third kappa shape index (κ3) is 15.5. The van der Waals surface area contributed by atoms with Gasteiger partial charge in [0, 0.05) is 58.5 Å². The van der Waals surface area contributed by atoms with Crippen LogP contribution in [0, 0.1) is 0 Å². The normalized spacial score (nSPS) is 16.9. The summed E-state index contributed by atoms with van der Waals surface area (Å²) in [5.41, 5.74) is 9.00. The molecule has 0 radical (unpaired) electrons. The van der Waals surface area contributed by atoms with Crippen LogP contribution in [0.5, 0.6) is 0 Å². The molecule has 1 aromatic heterocycles. The highest BCUT2D eigenvalue weighted by molar-refractivity contribution is 8.00. The van der Waals surface area contributed by atoms with Gasteiger partial charge in [0.2, 0.25) is 15.9 Å². The number of hydrogen-bond donors (Lipinski definition) is 5. The number of alkyl halides is 3. The number of unbranched alkanes of at least 4 members (excludes halogenated alkanes) is 5. The average molecular weight is 1010 g/mol. The zero-order valence-corrected chi connectivity index (χ0v) is 39.8. The van der Waals surface area contributed by atoms with Crippen LogP contribution in [-0.4, -0.2) is 83.5 Å². The van der Waals surface area contributed by atoms with E-state index in [2.05, 4.69) is 36.4 Å². The maximum Gasteiger partial charge on any atom is 0.435 e. The van der Waals surface area contributed by atoms with E-state index in [1.54, 1.807) is 12.1 Å². The van der Waals surface area contributed by atoms with Gasteiger partial charge in [0.1, 0.15) is 18.4 Å². The van der Waals surface area contributed by atoms with E-state index in [9.17, 15) is 45.6 Å². The fourth-order valence-electron chi connectivity index (χ4n) is 8.13. The Bertz CT molecular complexity index is 2630. The Morgan fingerprint density at radius 3 is 2.27 bits per heavy atom. The molecule has 374 valence electrons. The number of benzene rings is 3. The van der Waals surface area contributed by atoms with Crippen molar-refractivity contribution < 1.29 is 50.3 Å². The summed E-state index contributed by atoms with van der Waals surface area (Å²) in [4.78, 5) is 65.7. The fraction of sp³-hybridized carbons (Fsp3) is 0.447. The number of Topliss-reactive ketones (excluding diaryl/α,β-unsaturated/α-hetero) is 1. The lowest BCUT2D eigenvalue weighted by Crippen LogP contribution is -2.42. The standard InChI is InChI=1S/C47H55F3N10O8S2/c48-47(49,50)41-27-39(60(58-41)34-22-24-36(25-23-34)70(52,66)67)31-16-14-30(15-17-31)28-68-45(64)37(54-44(63)32-18-20-33(21-19-32)57-59-51)11-7-8-26-53-42(62)13-4-2-1-3-9-35(61)10-5-6-12-40-43-38(29-69-40)55-46(65)56-43/h14-25,27,37-38,40,43H,1-13,26,28-29H2,(H,53,62)(H,54,63)(H2,52,66,67)(H2,55,56,65)/t37-,38-,40-,43-/m0/s1. The average Bonchev–Trinajstić information content (AvgIpc) is 4.05. The van der Waals surface area contributed by atoms with Crippen molar-refractivity contribution in [1.29, 1.82) is 0 Å². The highest BCUT2D eigenvalue weighted by atomic mass is 32.2. The van der Waals surface area contributed by atoms with Crippen molar-refractivity contribution in [2.75, 3.05) is 12.3 Å². The fourth-order valence-corrected chi connectivity index (χ4v) is 10.2. The van der Waals surface area contributed by atoms with Gasteiger partial charge in [-0.3, -0.25) is 14.4 Å². The number of rotatable bonds is 26. The molecule has 6 N–H and O–H groups in total. The zero-order chi connectivity index (χ0) is 50.3. The second-order valence-electron chi connectivity index (χ2n) is 17.1. The second-order valence-corrected chi connectivity index (χ2v) is 19.9. The maximum atomic E-state index is 13.8. The van der Waals surface area contributed by atoms with E-state index >= 15 is 0 Å². The lowest BCUT2D eigenvalue weighted by Gasteiger charge is -2.18. The molecule has 4 amide bonds. The van der Waals surface area contributed by atoms with Gasteiger partial charge < -0.3 is 26.0 Å². The number of nitrogens with two attached hydrogens (primary N) is 1. The molecule has 23 heteroatoms. The van der Waals surface area contributed by atoms with Gasteiger partial charge in [-0.15, -0.1) is 0 Å². The van der Waals surface area contributed by atoms with E-state index < -0.39 is 39.8 Å². The Hall–Kier alpha value is -6.42. The molecule has 0 aliphatic carbocycles. The Morgan fingerprint density at radius 2 is 1.60 bits per heavy atom. The van der Waals surface area contributed by atoms with Crippen LogP contribution in [0.15, 0.2) is 88.9 Å². The van der Waals surface area contributed by atoms with Gasteiger partial charge in [-0.1, -0.05) is 60.8 Å². The van der Waals surface area contributed by atoms with Crippen LogP contribution in [-0.2, 0) is 41.9 Å². The third-order valence-electron chi connectivity index (χ3n) is 11.9. The summed E-state index contributed by atoms with van der Waals surface area (Å²) in [7, 11) is -4.05. The van der Waals surface area contributed by atoms with Gasteiger partial charge in [-0.2, -0.15) is 30.0 Å². The molecule has 18 nitrogen and oxygen atoms in total. The number of nitrogens with one attached hydrogen (secondary N) is 4. The predicted octanol–water partition coefficient (Wildman–Crippen LogP) is 7.91. The van der Waals surface area contributed by atoms with E-state index in [0.717, 1.165) is 67.2 Å². The summed E-state index contributed by atoms with van der Waals surface area (Å²) in [6, 6.07) is 16.8. The topological polar surface area (TPSA) is 269 Å². The summed E-state index contributed by atoms with van der Waals surface area (Å²) in [6.07, 6.45) is 3.62. The minimum absolute atomic E-state index is 0.0435. The molecule has 0 saturated carbocycles. The minimum atomic E-state index is -4.78. The molecule has 2 aliphatic heterocycles. The number of fused-ring (bicyclic) bond motifs is 1. The number of urea groups is 1. The van der Waals surface area contributed by atoms with Crippen LogP contribution in [0.2, 0.25) is 0 Å². The van der Waals surface area contributed by atoms with Crippen molar-refractivity contribution in [1.82, 2.24) is 31.0 Å². The van der Waals surface area contributed by atoms with Crippen molar-refractivity contribution in [2.45, 2.75) is 125 Å². The summed E-state index contributed by atoms with van der Waals surface area (Å²) >= 11 is 1.87. The molecular weight excluding hydrogens is 954 g/mol. The number of halogens is 3. The summed E-state index contributed by atoms with van der Waals surface area (Å²) in [6.45, 7) is 0.0933. The Morgan fingerprint density at radius 1 is 0.914 bits per heavy atom. The van der Waals surface area contributed by atoms with Crippen LogP contribution in [0.25, 0.3) is 27.4 Å². The first-order valence-corrected chi connectivity index (χ1v) is 25.6. The number of azide groups is 1. The number of esters is 1. The smallest absolute Gasteiger partial charge is 0.435 e. The number of thioether (sulfide) groups is 1. The monoisotopic (exact) mass is 1010 g/mol. The quantitative estimate of drug-likeness (QED) is 0.0101. The molecule has 3 aromatic carbocycles. The van der Waals surface area contributed by atoms with Gasteiger partial charge in [0.15, 0.2) is 5.69 Å². The molecule has 0 bridgehead atoms. The number of nitrogens with zero attached hydrogens (tertiary/aromatic N) is 5. The van der Waals surface area contributed by atoms with E-state index in [1.165, 1.54) is 48.5 Å². The molecule has 2 fully saturated rings. The highest BCUT2D eigenvalue weighted by Crippen LogP contribution is 2.35. The molecule has 70 heavy (non-hydrogen) atoms. The number of sulfonamides is 1. The molecule has 0 spiro atoms. The molecule has 3 heterocycles. The van der Waals surface area contributed by atoms with Crippen molar-refractivity contribution >= 4 is 57.1 Å². The number of primary sulfonamides is 1. The van der Waals surface area contributed by atoms with Gasteiger partial charge in [-0.05, 0) is 98.5 Å². The van der Waals surface area contributed by atoms with Crippen LogP contribution < -0.4 is 26.4 Å². The number of carbonyl (C=O) groups is 5. The Labute approximate surface area is 407 Å². The largest absolute Gasteiger partial charge is 0.459 e.